The number of benzene rings is 1. The molecular weight excluding hydrogens is 386 g/mol. The van der Waals surface area contributed by atoms with Crippen LogP contribution in [0.15, 0.2) is 16.9 Å². The average molecular weight is 403 g/mol. The van der Waals surface area contributed by atoms with Crippen molar-refractivity contribution in [1.29, 1.82) is 0 Å². The molecule has 2 unspecified atom stereocenters. The third-order valence-electron chi connectivity index (χ3n) is 5.83. The summed E-state index contributed by atoms with van der Waals surface area (Å²) in [6.45, 7) is 3.61. The number of hydrazone groups is 1. The van der Waals surface area contributed by atoms with Crippen LogP contribution in [0.5, 0.6) is 0 Å². The van der Waals surface area contributed by atoms with Crippen LogP contribution in [0.1, 0.15) is 48.9 Å². The molecule has 29 heavy (non-hydrogen) atoms. The molecule has 2 aliphatic carbocycles. The van der Waals surface area contributed by atoms with Crippen LogP contribution in [-0.4, -0.2) is 43.2 Å². The fourth-order valence-corrected chi connectivity index (χ4v) is 4.75. The second-order valence-electron chi connectivity index (χ2n) is 7.32. The van der Waals surface area contributed by atoms with E-state index in [2.05, 4.69) is 5.10 Å². The van der Waals surface area contributed by atoms with E-state index in [9.17, 15) is 35.4 Å². The van der Waals surface area contributed by atoms with Gasteiger partial charge in [0, 0.05) is 35.1 Å². The Kier molecular flexibility index (Phi) is 3.94. The van der Waals surface area contributed by atoms with Crippen molar-refractivity contribution >= 4 is 17.1 Å². The Hall–Kier alpha value is -3.41. The fourth-order valence-electron chi connectivity index (χ4n) is 4.75. The van der Waals surface area contributed by atoms with Gasteiger partial charge >= 0.3 is 5.70 Å². The van der Waals surface area contributed by atoms with E-state index in [1.165, 1.54) is 18.0 Å². The predicted molar refractivity (Wildman–Crippen MR) is 99.2 cm³/mol. The molecule has 1 heterocycles. The molecule has 0 aromatic heterocycles. The molecule has 0 amide bonds. The highest BCUT2D eigenvalue weighted by Crippen LogP contribution is 2.55. The van der Waals surface area contributed by atoms with E-state index in [0.29, 0.717) is 12.0 Å². The van der Waals surface area contributed by atoms with Gasteiger partial charge in [-0.15, -0.1) is 0 Å². The summed E-state index contributed by atoms with van der Waals surface area (Å²) in [6, 6.07) is 1.27. The van der Waals surface area contributed by atoms with Crippen LogP contribution in [0.4, 0.5) is 5.69 Å². The van der Waals surface area contributed by atoms with Crippen molar-refractivity contribution in [2.75, 3.05) is 6.54 Å². The van der Waals surface area contributed by atoms with Crippen molar-refractivity contribution in [2.24, 2.45) is 5.10 Å². The molecule has 0 bridgehead atoms. The van der Waals surface area contributed by atoms with Gasteiger partial charge in [0.15, 0.2) is 0 Å². The van der Waals surface area contributed by atoms with E-state index in [4.69, 9.17) is 0 Å². The Bertz CT molecular complexity index is 1060. The van der Waals surface area contributed by atoms with Crippen LogP contribution in [0.3, 0.4) is 0 Å². The van der Waals surface area contributed by atoms with E-state index >= 15 is 0 Å². The molecule has 1 aromatic carbocycles. The first-order chi connectivity index (χ1) is 13.7. The van der Waals surface area contributed by atoms with Gasteiger partial charge in [-0.05, 0) is 25.3 Å². The molecule has 0 saturated heterocycles. The number of hydrogen-bond acceptors (Lipinski definition) is 9. The zero-order valence-corrected chi connectivity index (χ0v) is 15.6. The minimum Gasteiger partial charge on any atom is -0.376 e. The van der Waals surface area contributed by atoms with E-state index in [0.717, 1.165) is 0 Å². The highest BCUT2D eigenvalue weighted by molar-refractivity contribution is 6.09. The third-order valence-corrected chi connectivity index (χ3v) is 5.83. The van der Waals surface area contributed by atoms with Gasteiger partial charge in [0.05, 0.1) is 21.1 Å². The Morgan fingerprint density at radius 2 is 1.93 bits per heavy atom. The van der Waals surface area contributed by atoms with Crippen LogP contribution >= 0.6 is 0 Å². The van der Waals surface area contributed by atoms with Crippen LogP contribution in [0.2, 0.25) is 0 Å². The molecule has 152 valence electrons. The van der Waals surface area contributed by atoms with E-state index in [1.54, 1.807) is 0 Å². The first kappa shape index (κ1) is 18.9. The van der Waals surface area contributed by atoms with Gasteiger partial charge in [-0.2, -0.15) is 5.10 Å². The first-order valence-electron chi connectivity index (χ1n) is 9.06. The summed E-state index contributed by atoms with van der Waals surface area (Å²) in [7, 11) is 0. The van der Waals surface area contributed by atoms with Gasteiger partial charge in [-0.1, -0.05) is 6.92 Å². The topological polar surface area (TPSA) is 165 Å². The lowest BCUT2D eigenvalue weighted by Crippen LogP contribution is -2.51. The quantitative estimate of drug-likeness (QED) is 0.574. The number of nitrogens with zero attached hydrogens (tertiary/aromatic N) is 5. The predicted octanol–water partition coefficient (Wildman–Crippen LogP) is 1.78. The molecule has 0 spiro atoms. The monoisotopic (exact) mass is 403 g/mol. The largest absolute Gasteiger partial charge is 0.376 e. The molecule has 0 radical (unpaired) electrons. The Labute approximate surface area is 163 Å². The summed E-state index contributed by atoms with van der Waals surface area (Å²) in [4.78, 5) is 33.7. The molecule has 2 atom stereocenters. The van der Waals surface area contributed by atoms with Crippen LogP contribution < -0.4 is 0 Å². The molecule has 12 heteroatoms. The molecule has 3 aliphatic rings. The van der Waals surface area contributed by atoms with Crippen LogP contribution in [-0.2, 0) is 12.0 Å². The highest BCUT2D eigenvalue weighted by Gasteiger charge is 2.66. The van der Waals surface area contributed by atoms with Crippen molar-refractivity contribution in [3.63, 3.8) is 0 Å². The molecule has 0 saturated carbocycles. The number of hydrogen-bond donors (Lipinski definition) is 1. The maximum Gasteiger partial charge on any atom is 0.308 e. The molecule has 1 aromatic rings. The molecule has 1 N–H and O–H groups in total. The highest BCUT2D eigenvalue weighted by atomic mass is 16.6. The van der Waals surface area contributed by atoms with Crippen molar-refractivity contribution in [3.8, 4) is 0 Å². The lowest BCUT2D eigenvalue weighted by molar-refractivity contribution is -0.598. The minimum absolute atomic E-state index is 0.0375. The van der Waals surface area contributed by atoms with Crippen molar-refractivity contribution in [3.05, 3.63) is 64.4 Å². The van der Waals surface area contributed by atoms with Gasteiger partial charge in [0.25, 0.3) is 11.2 Å². The summed E-state index contributed by atoms with van der Waals surface area (Å²) >= 11 is 0. The Balaban J connectivity index is 2.24. The summed E-state index contributed by atoms with van der Waals surface area (Å²) in [5.74, 6) is 0. The van der Waals surface area contributed by atoms with Gasteiger partial charge in [-0.25, -0.2) is 0 Å². The number of nitro benzene ring substituents is 1. The van der Waals surface area contributed by atoms with Crippen molar-refractivity contribution < 1.29 is 19.9 Å². The number of rotatable bonds is 5. The zero-order chi connectivity index (χ0) is 21.2. The number of aryl methyl sites for hydroxylation is 1. The molecule has 4 rings (SSSR count). The van der Waals surface area contributed by atoms with Crippen LogP contribution in [0, 0.1) is 30.3 Å². The normalized spacial score (nSPS) is 24.3. The molecular formula is C17H17N5O7. The fraction of sp³-hybridized carbons (Fsp3) is 0.471. The van der Waals surface area contributed by atoms with Gasteiger partial charge < -0.3 is 5.11 Å². The van der Waals surface area contributed by atoms with Gasteiger partial charge in [0.1, 0.15) is 5.70 Å². The van der Waals surface area contributed by atoms with Gasteiger partial charge in [-0.3, -0.25) is 35.4 Å². The minimum atomic E-state index is -2.12. The van der Waals surface area contributed by atoms with Gasteiger partial charge in [0.2, 0.25) is 6.10 Å². The Morgan fingerprint density at radius 3 is 2.48 bits per heavy atom. The molecule has 0 fully saturated rings. The SMILES string of the molecule is CCCN1N=C(C)c2c([N+](=O)[O-])cc3c4c2C1=C([N+](=O)[O-])C(O)C4([N+](=O)[O-])CC3. The second kappa shape index (κ2) is 6.04. The first-order valence-corrected chi connectivity index (χ1v) is 9.06. The number of nitro groups is 3. The zero-order valence-electron chi connectivity index (χ0n) is 15.6. The summed E-state index contributed by atoms with van der Waals surface area (Å²) < 4.78 is 0. The third kappa shape index (κ3) is 2.20. The summed E-state index contributed by atoms with van der Waals surface area (Å²) in [5, 5.41) is 52.3. The summed E-state index contributed by atoms with van der Waals surface area (Å²) in [5.41, 5.74) is -2.39. The molecule has 1 aliphatic heterocycles. The van der Waals surface area contributed by atoms with Crippen LogP contribution in [0.25, 0.3) is 5.70 Å². The standard InChI is InChI=1S/C17H17N5O7/c1-3-6-19-14-12-11(8(2)18-19)10(20(24)25)7-9-4-5-17(13(9)12,22(28)29)16(23)15(14)21(26)27/h7,16,23H,3-6H2,1-2H3. The Morgan fingerprint density at radius 1 is 1.24 bits per heavy atom. The van der Waals surface area contributed by atoms with E-state index in [-0.39, 0.29) is 53.2 Å². The number of aliphatic hydroxyl groups is 1. The maximum absolute atomic E-state index is 12.1. The average Bonchev–Trinajstić information content (AvgIpc) is 3.04. The number of aliphatic hydroxyl groups excluding tert-OH is 1. The van der Waals surface area contributed by atoms with Crippen molar-refractivity contribution in [2.45, 2.75) is 44.8 Å². The second-order valence-corrected chi connectivity index (χ2v) is 7.32. The lowest BCUT2D eigenvalue weighted by atomic mass is 9.73. The van der Waals surface area contributed by atoms with E-state index < -0.39 is 32.1 Å². The van der Waals surface area contributed by atoms with E-state index in [1.807, 2.05) is 6.92 Å². The lowest BCUT2D eigenvalue weighted by Gasteiger charge is -2.37. The molecule has 12 nitrogen and oxygen atoms in total. The van der Waals surface area contributed by atoms with Crippen molar-refractivity contribution in [1.82, 2.24) is 5.01 Å². The summed E-state index contributed by atoms with van der Waals surface area (Å²) in [6.07, 6.45) is -1.53. The smallest absolute Gasteiger partial charge is 0.308 e. The maximum atomic E-state index is 12.1.